The topological polar surface area (TPSA) is 26.3 Å². The molecule has 0 N–H and O–H groups in total. The molecule has 0 spiro atoms. The van der Waals surface area contributed by atoms with Gasteiger partial charge in [-0.1, -0.05) is 276 Å². The fourth-order valence-corrected chi connectivity index (χ4v) is 7.99. The number of carbonyl (C=O) groups is 1. The van der Waals surface area contributed by atoms with Crippen molar-refractivity contribution in [2.75, 3.05) is 6.61 Å². The predicted molar refractivity (Wildman–Crippen MR) is 248 cm³/mol. The Morgan fingerprint density at radius 2 is 0.564 bits per heavy atom. The predicted octanol–water partition coefficient (Wildman–Crippen LogP) is 19.2. The number of esters is 1. The summed E-state index contributed by atoms with van der Waals surface area (Å²) in [6.45, 7) is 5.19. The van der Waals surface area contributed by atoms with Gasteiger partial charge < -0.3 is 4.74 Å². The summed E-state index contributed by atoms with van der Waals surface area (Å²) in [6, 6.07) is 0. The highest BCUT2D eigenvalue weighted by atomic mass is 16.5. The van der Waals surface area contributed by atoms with Crippen LogP contribution in [0.4, 0.5) is 0 Å². The molecule has 0 rings (SSSR count). The van der Waals surface area contributed by atoms with Crippen LogP contribution in [-0.4, -0.2) is 12.6 Å². The van der Waals surface area contributed by atoms with Gasteiger partial charge in [-0.05, 0) is 44.9 Å². The molecule has 0 aliphatic carbocycles. The summed E-state index contributed by atoms with van der Waals surface area (Å²) in [5.74, 6) is 0.0215. The average Bonchev–Trinajstić information content (AvgIpc) is 3.19. The van der Waals surface area contributed by atoms with Gasteiger partial charge in [-0.15, -0.1) is 0 Å². The molecule has 55 heavy (non-hydrogen) atoms. The molecule has 0 heterocycles. The van der Waals surface area contributed by atoms with Crippen molar-refractivity contribution in [2.45, 2.75) is 303 Å². The summed E-state index contributed by atoms with van der Waals surface area (Å²) in [5.41, 5.74) is 0. The normalized spacial score (nSPS) is 11.8. The second-order valence-electron chi connectivity index (χ2n) is 17.5. The van der Waals surface area contributed by atoms with Crippen LogP contribution in [0, 0.1) is 0 Å². The third-order valence-corrected chi connectivity index (χ3v) is 11.8. The molecule has 0 radical (unpaired) electrons. The highest BCUT2D eigenvalue weighted by molar-refractivity contribution is 5.69. The molecule has 0 aromatic rings. The third-order valence-electron chi connectivity index (χ3n) is 11.8. The number of carbonyl (C=O) groups excluding carboxylic acids is 1. The fourth-order valence-electron chi connectivity index (χ4n) is 7.99. The Balaban J connectivity index is 3.17. The second kappa shape index (κ2) is 51.0. The van der Waals surface area contributed by atoms with Gasteiger partial charge in [0.2, 0.25) is 0 Å². The molecular weight excluding hydrogens is 669 g/mol. The van der Waals surface area contributed by atoms with Crippen LogP contribution in [0.15, 0.2) is 24.3 Å². The highest BCUT2D eigenvalue weighted by Gasteiger charge is 2.03. The first-order chi connectivity index (χ1) is 27.3. The van der Waals surface area contributed by atoms with Gasteiger partial charge in [0.25, 0.3) is 0 Å². The van der Waals surface area contributed by atoms with E-state index in [1.54, 1.807) is 0 Å². The quantitative estimate of drug-likeness (QED) is 0.0350. The molecule has 0 unspecified atom stereocenters. The molecule has 0 aromatic heterocycles. The molecule has 0 atom stereocenters. The van der Waals surface area contributed by atoms with Crippen LogP contribution in [0.2, 0.25) is 0 Å². The van der Waals surface area contributed by atoms with E-state index in [0.717, 1.165) is 19.3 Å². The molecule has 2 heteroatoms. The standard InChI is InChI=1S/C53H102O2/c1-3-5-7-9-11-13-15-17-19-21-22-23-24-25-26-27-28-29-30-31-32-33-34-35-36-37-39-41-43-45-47-49-51-53(54)55-52-50-48-46-44-42-40-38-20-18-16-14-12-10-8-6-4-2/h12,14,18,20H,3-11,13,15-17,19,21-52H2,1-2H3/b14-12-,20-18-. The minimum absolute atomic E-state index is 0.0215. The average molecular weight is 771 g/mol. The second-order valence-corrected chi connectivity index (χ2v) is 17.5. The van der Waals surface area contributed by atoms with Crippen molar-refractivity contribution in [3.63, 3.8) is 0 Å². The van der Waals surface area contributed by atoms with E-state index in [2.05, 4.69) is 38.2 Å². The lowest BCUT2D eigenvalue weighted by Gasteiger charge is -2.06. The lowest BCUT2D eigenvalue weighted by atomic mass is 10.0. The summed E-state index contributed by atoms with van der Waals surface area (Å²) in [4.78, 5) is 12.0. The summed E-state index contributed by atoms with van der Waals surface area (Å²) in [6.07, 6.45) is 70.4. The minimum atomic E-state index is 0.0215. The Morgan fingerprint density at radius 3 is 0.909 bits per heavy atom. The molecule has 0 aromatic carbocycles. The number of allylic oxidation sites excluding steroid dienone is 4. The molecule has 0 aliphatic rings. The fraction of sp³-hybridized carbons (Fsp3) is 0.906. The Bertz CT molecular complexity index is 754. The van der Waals surface area contributed by atoms with Crippen LogP contribution in [0.5, 0.6) is 0 Å². The first-order valence-corrected chi connectivity index (χ1v) is 25.8. The molecule has 0 aliphatic heterocycles. The summed E-state index contributed by atoms with van der Waals surface area (Å²) < 4.78 is 5.48. The SMILES string of the molecule is CCCCC/C=C\C/C=C\CCCCCCCCOC(=O)CCCCCCCCCCCCCCCCCCCCCCCCCCCCCCCCCC. The van der Waals surface area contributed by atoms with Gasteiger partial charge >= 0.3 is 5.97 Å². The van der Waals surface area contributed by atoms with E-state index >= 15 is 0 Å². The van der Waals surface area contributed by atoms with Crippen molar-refractivity contribution in [3.8, 4) is 0 Å². The van der Waals surface area contributed by atoms with Gasteiger partial charge in [0.1, 0.15) is 0 Å². The van der Waals surface area contributed by atoms with E-state index in [9.17, 15) is 4.79 Å². The lowest BCUT2D eigenvalue weighted by molar-refractivity contribution is -0.143. The molecule has 2 nitrogen and oxygen atoms in total. The smallest absolute Gasteiger partial charge is 0.305 e. The van der Waals surface area contributed by atoms with E-state index in [1.165, 1.54) is 263 Å². The van der Waals surface area contributed by atoms with Crippen molar-refractivity contribution >= 4 is 5.97 Å². The zero-order valence-electron chi connectivity index (χ0n) is 38.2. The number of hydrogen-bond acceptors (Lipinski definition) is 2. The largest absolute Gasteiger partial charge is 0.466 e. The van der Waals surface area contributed by atoms with Crippen LogP contribution in [0.3, 0.4) is 0 Å². The maximum Gasteiger partial charge on any atom is 0.305 e. The van der Waals surface area contributed by atoms with Gasteiger partial charge in [0, 0.05) is 6.42 Å². The van der Waals surface area contributed by atoms with Crippen LogP contribution in [-0.2, 0) is 9.53 Å². The maximum atomic E-state index is 12.0. The first kappa shape index (κ1) is 53.9. The van der Waals surface area contributed by atoms with E-state index in [0.29, 0.717) is 13.0 Å². The maximum absolute atomic E-state index is 12.0. The number of hydrogen-bond donors (Lipinski definition) is 0. The summed E-state index contributed by atoms with van der Waals surface area (Å²) in [5, 5.41) is 0. The van der Waals surface area contributed by atoms with Crippen molar-refractivity contribution in [1.29, 1.82) is 0 Å². The van der Waals surface area contributed by atoms with Crippen LogP contribution in [0.25, 0.3) is 0 Å². The van der Waals surface area contributed by atoms with Crippen molar-refractivity contribution < 1.29 is 9.53 Å². The van der Waals surface area contributed by atoms with Crippen molar-refractivity contribution in [2.24, 2.45) is 0 Å². The summed E-state index contributed by atoms with van der Waals surface area (Å²) in [7, 11) is 0. The first-order valence-electron chi connectivity index (χ1n) is 25.8. The van der Waals surface area contributed by atoms with Crippen LogP contribution in [0.1, 0.15) is 303 Å². The Hall–Kier alpha value is -1.05. The van der Waals surface area contributed by atoms with E-state index in [1.807, 2.05) is 0 Å². The number of unbranched alkanes of at least 4 members (excludes halogenated alkanes) is 40. The van der Waals surface area contributed by atoms with Gasteiger partial charge in [-0.2, -0.15) is 0 Å². The number of rotatable bonds is 48. The zero-order chi connectivity index (χ0) is 39.6. The van der Waals surface area contributed by atoms with Crippen LogP contribution < -0.4 is 0 Å². The Morgan fingerprint density at radius 1 is 0.309 bits per heavy atom. The van der Waals surface area contributed by atoms with E-state index < -0.39 is 0 Å². The van der Waals surface area contributed by atoms with Gasteiger partial charge in [-0.3, -0.25) is 4.79 Å². The minimum Gasteiger partial charge on any atom is -0.466 e. The van der Waals surface area contributed by atoms with Gasteiger partial charge in [0.05, 0.1) is 6.61 Å². The Kier molecular flexibility index (Phi) is 50.0. The van der Waals surface area contributed by atoms with Crippen LogP contribution >= 0.6 is 0 Å². The molecule has 0 saturated carbocycles. The van der Waals surface area contributed by atoms with E-state index in [4.69, 9.17) is 4.74 Å². The Labute approximate surface area is 348 Å². The molecule has 326 valence electrons. The molecule has 0 saturated heterocycles. The van der Waals surface area contributed by atoms with E-state index in [-0.39, 0.29) is 5.97 Å². The molecular formula is C53H102O2. The monoisotopic (exact) mass is 771 g/mol. The zero-order valence-corrected chi connectivity index (χ0v) is 38.2. The third kappa shape index (κ3) is 50.9. The van der Waals surface area contributed by atoms with Crippen molar-refractivity contribution in [3.05, 3.63) is 24.3 Å². The van der Waals surface area contributed by atoms with Crippen molar-refractivity contribution in [1.82, 2.24) is 0 Å². The lowest BCUT2D eigenvalue weighted by Crippen LogP contribution is -2.05. The molecule has 0 bridgehead atoms. The highest BCUT2D eigenvalue weighted by Crippen LogP contribution is 2.17. The number of ether oxygens (including phenoxy) is 1. The molecule has 0 amide bonds. The van der Waals surface area contributed by atoms with Gasteiger partial charge in [0.15, 0.2) is 0 Å². The summed E-state index contributed by atoms with van der Waals surface area (Å²) >= 11 is 0. The van der Waals surface area contributed by atoms with Gasteiger partial charge in [-0.25, -0.2) is 0 Å². The molecule has 0 fully saturated rings.